The molecular weight excluding hydrogens is 396 g/mol. The Hall–Kier alpha value is -0.496. The molecule has 0 fully saturated rings. The van der Waals surface area contributed by atoms with Gasteiger partial charge in [0.1, 0.15) is 6.35 Å². The van der Waals surface area contributed by atoms with Crippen LogP contribution in [-0.4, -0.2) is 41.8 Å². The maximum Gasteiger partial charge on any atom is 0.351 e. The Morgan fingerprint density at radius 3 is 2.74 bits per heavy atom. The van der Waals surface area contributed by atoms with Crippen LogP contribution in [-0.2, 0) is 42.0 Å². The molecule has 0 aliphatic heterocycles. The molecule has 2 aromatic heterocycles. The van der Waals surface area contributed by atoms with Crippen LogP contribution in [0.5, 0.6) is 0 Å². The molecule has 0 unspecified atom stereocenters. The fourth-order valence-corrected chi connectivity index (χ4v) is 2.46. The van der Waals surface area contributed by atoms with Gasteiger partial charge in [0, 0.05) is 56.2 Å². The zero-order valence-electron chi connectivity index (χ0n) is 13.2. The van der Waals surface area contributed by atoms with Gasteiger partial charge in [0.2, 0.25) is 0 Å². The van der Waals surface area contributed by atoms with Crippen LogP contribution in [0.25, 0.3) is 11.2 Å². The first-order chi connectivity index (χ1) is 10.2. The summed E-state index contributed by atoms with van der Waals surface area (Å²) < 4.78 is 17.9. The summed E-state index contributed by atoms with van der Waals surface area (Å²) in [6.07, 6.45) is 3.04. The quantitative estimate of drug-likeness (QED) is 0.420. The molecule has 0 aromatic carbocycles. The van der Waals surface area contributed by atoms with Gasteiger partial charge < -0.3 is 29.1 Å². The third-order valence-electron chi connectivity index (χ3n) is 3.45. The average Bonchev–Trinajstić information content (AvgIpc) is 2.87. The van der Waals surface area contributed by atoms with Crippen molar-refractivity contribution >= 4 is 18.8 Å². The molecule has 0 amide bonds. The van der Waals surface area contributed by atoms with Crippen molar-refractivity contribution in [1.82, 2.24) is 19.5 Å². The number of hydrogen-bond donors (Lipinski definition) is 2. The molecule has 2 aromatic rings. The van der Waals surface area contributed by atoms with Gasteiger partial charge in [-0.25, -0.2) is 0 Å². The molecule has 23 heavy (non-hydrogen) atoms. The van der Waals surface area contributed by atoms with Gasteiger partial charge in [-0.05, 0) is 25.1 Å². The molecule has 0 aliphatic carbocycles. The van der Waals surface area contributed by atoms with Crippen LogP contribution in [0.2, 0.25) is 0 Å². The maximum absolute atomic E-state index is 10.9. The second kappa shape index (κ2) is 8.05. The number of nitrogens with zero attached hydrogens (tertiary/aromatic N) is 4. The molecule has 1 radical (unpaired) electrons. The third kappa shape index (κ3) is 4.99. The van der Waals surface area contributed by atoms with Crippen molar-refractivity contribution in [2.75, 3.05) is 6.35 Å². The second-order valence-corrected chi connectivity index (χ2v) is 6.67. The Bertz CT molecular complexity index is 745. The van der Waals surface area contributed by atoms with Crippen LogP contribution in [0, 0.1) is 13.3 Å². The Kier molecular flexibility index (Phi) is 7.20. The minimum atomic E-state index is -4.20. The molecule has 0 aliphatic rings. The van der Waals surface area contributed by atoms with Gasteiger partial charge >= 0.3 is 7.60 Å². The van der Waals surface area contributed by atoms with Crippen LogP contribution in [0.3, 0.4) is 0 Å². The van der Waals surface area contributed by atoms with Gasteiger partial charge in [-0.2, -0.15) is 0 Å². The fraction of sp³-hybridized carbons (Fsp3) is 0.462. The molecule has 0 spiro atoms. The number of aromatic nitrogens is 4. The molecule has 2 rings (SSSR count). The number of fused-ring (bicyclic) bond motifs is 1. The summed E-state index contributed by atoms with van der Waals surface area (Å²) in [5.74, 6) is 0. The first kappa shape index (κ1) is 20.5. The van der Waals surface area contributed by atoms with Crippen molar-refractivity contribution in [2.45, 2.75) is 32.9 Å². The average molecular weight is 414 g/mol. The van der Waals surface area contributed by atoms with Crippen LogP contribution in [0.4, 0.5) is 0 Å². The summed E-state index contributed by atoms with van der Waals surface area (Å²) in [4.78, 5) is 30.1. The zero-order chi connectivity index (χ0) is 16.5. The van der Waals surface area contributed by atoms with Crippen LogP contribution in [0.1, 0.15) is 25.6 Å². The minimum absolute atomic E-state index is 0. The molecular formula is C13H18N4O4PY-. The van der Waals surface area contributed by atoms with Gasteiger partial charge in [0.15, 0.2) is 0 Å². The monoisotopic (exact) mass is 414 g/mol. The molecule has 2 atom stereocenters. The van der Waals surface area contributed by atoms with E-state index in [-0.39, 0.29) is 38.8 Å². The van der Waals surface area contributed by atoms with Gasteiger partial charge in [-0.1, -0.05) is 13.5 Å². The molecule has 8 nitrogen and oxygen atoms in total. The SMILES string of the molecule is C=C([C@H](C)OCP(=O)(O)O)[C@@H](C)n1cnc2c(C)n[c-]nc21.[Y]. The van der Waals surface area contributed by atoms with E-state index in [2.05, 4.69) is 27.9 Å². The standard InChI is InChI=1S/C13H18N4O4P.Y/c1-8(11(4)21-7-22(18,19)20)10(3)17-6-16-12-9(2)14-5-15-13(12)17;/h6,10-11H,1,7H2,2-4H3,(H2,18,19,20);/q-1;/t10-,11+;/m1./s1. The Labute approximate surface area is 159 Å². The van der Waals surface area contributed by atoms with E-state index in [0.717, 1.165) is 5.69 Å². The van der Waals surface area contributed by atoms with E-state index in [1.165, 1.54) is 0 Å². The van der Waals surface area contributed by atoms with Crippen molar-refractivity contribution in [2.24, 2.45) is 0 Å². The van der Waals surface area contributed by atoms with Crippen LogP contribution < -0.4 is 0 Å². The summed E-state index contributed by atoms with van der Waals surface area (Å²) in [7, 11) is -4.20. The number of aryl methyl sites for hydroxylation is 1. The van der Waals surface area contributed by atoms with Gasteiger partial charge in [-0.15, -0.1) is 0 Å². The predicted octanol–water partition coefficient (Wildman–Crippen LogP) is 1.59. The van der Waals surface area contributed by atoms with E-state index in [4.69, 9.17) is 14.5 Å². The van der Waals surface area contributed by atoms with Gasteiger partial charge in [0.25, 0.3) is 0 Å². The Morgan fingerprint density at radius 1 is 1.48 bits per heavy atom. The van der Waals surface area contributed by atoms with E-state index >= 15 is 0 Å². The van der Waals surface area contributed by atoms with Crippen molar-refractivity contribution in [3.8, 4) is 0 Å². The summed E-state index contributed by atoms with van der Waals surface area (Å²) in [5.41, 5.74) is 2.70. The molecule has 2 N–H and O–H groups in total. The summed E-state index contributed by atoms with van der Waals surface area (Å²) in [6.45, 7) is 9.36. The molecule has 10 heteroatoms. The van der Waals surface area contributed by atoms with E-state index in [1.807, 2.05) is 13.8 Å². The van der Waals surface area contributed by atoms with Gasteiger partial charge in [-0.3, -0.25) is 9.55 Å². The van der Waals surface area contributed by atoms with Crippen molar-refractivity contribution in [1.29, 1.82) is 0 Å². The van der Waals surface area contributed by atoms with Crippen LogP contribution >= 0.6 is 7.60 Å². The number of hydrogen-bond acceptors (Lipinski definition) is 5. The van der Waals surface area contributed by atoms with E-state index in [9.17, 15) is 4.57 Å². The second-order valence-electron chi connectivity index (χ2n) is 5.09. The zero-order valence-corrected chi connectivity index (χ0v) is 16.9. The van der Waals surface area contributed by atoms with E-state index < -0.39 is 20.0 Å². The molecule has 123 valence electrons. The molecule has 2 heterocycles. The molecule has 0 bridgehead atoms. The van der Waals surface area contributed by atoms with Crippen molar-refractivity contribution in [3.63, 3.8) is 0 Å². The third-order valence-corrected chi connectivity index (χ3v) is 3.94. The topological polar surface area (TPSA) is 110 Å². The summed E-state index contributed by atoms with van der Waals surface area (Å²) in [5, 5.41) is 0. The first-order valence-corrected chi connectivity index (χ1v) is 8.42. The summed E-state index contributed by atoms with van der Waals surface area (Å²) >= 11 is 0. The van der Waals surface area contributed by atoms with E-state index in [1.54, 1.807) is 17.8 Å². The number of rotatable bonds is 6. The predicted molar refractivity (Wildman–Crippen MR) is 80.2 cm³/mol. The van der Waals surface area contributed by atoms with Crippen molar-refractivity contribution in [3.05, 3.63) is 30.5 Å². The van der Waals surface area contributed by atoms with Crippen LogP contribution in [0.15, 0.2) is 18.5 Å². The smallest absolute Gasteiger partial charge is 0.351 e. The first-order valence-electron chi connectivity index (χ1n) is 6.63. The Morgan fingerprint density at radius 2 is 2.13 bits per heavy atom. The fourth-order valence-electron chi connectivity index (χ4n) is 2.04. The van der Waals surface area contributed by atoms with Crippen molar-refractivity contribution < 1.29 is 51.8 Å². The summed E-state index contributed by atoms with van der Waals surface area (Å²) in [6, 6.07) is -0.209. The van der Waals surface area contributed by atoms with Gasteiger partial charge in [0.05, 0.1) is 12.4 Å². The minimum Gasteiger partial charge on any atom is -0.369 e. The number of ether oxygens (including phenoxy) is 1. The maximum atomic E-state index is 10.9. The number of imidazole rings is 1. The molecule has 0 saturated heterocycles. The normalized spacial score (nSPS) is 14.3. The Balaban J connectivity index is 0.00000264. The van der Waals surface area contributed by atoms with E-state index in [0.29, 0.717) is 16.7 Å². The molecule has 0 saturated carbocycles. The largest absolute Gasteiger partial charge is 0.369 e.